The molecule has 1 amide bonds. The number of carbonyl (C=O) groups excluding carboxylic acids is 1. The van der Waals surface area contributed by atoms with E-state index in [0.29, 0.717) is 16.3 Å². The smallest absolute Gasteiger partial charge is 0.269 e. The number of primary amides is 1. The summed E-state index contributed by atoms with van der Waals surface area (Å²) >= 11 is 7.37. The Morgan fingerprint density at radius 3 is 2.84 bits per heavy atom. The van der Waals surface area contributed by atoms with Gasteiger partial charge in [-0.05, 0) is 17.7 Å². The third-order valence-corrected chi connectivity index (χ3v) is 4.97. The zero-order chi connectivity index (χ0) is 18.1. The summed E-state index contributed by atoms with van der Waals surface area (Å²) in [7, 11) is 1.42. The van der Waals surface area contributed by atoms with E-state index in [2.05, 4.69) is 10.1 Å². The molecule has 0 saturated heterocycles. The van der Waals surface area contributed by atoms with Crippen molar-refractivity contribution in [3.63, 3.8) is 0 Å². The van der Waals surface area contributed by atoms with Crippen LogP contribution in [0.2, 0.25) is 5.15 Å². The van der Waals surface area contributed by atoms with E-state index >= 15 is 0 Å². The highest BCUT2D eigenvalue weighted by molar-refractivity contribution is 7.15. The van der Waals surface area contributed by atoms with Crippen LogP contribution in [0.3, 0.4) is 0 Å². The molecule has 0 bridgehead atoms. The topological polar surface area (TPSA) is 90.9 Å². The van der Waals surface area contributed by atoms with Gasteiger partial charge in [0.2, 0.25) is 0 Å². The number of amides is 1. The Labute approximate surface area is 150 Å². The first kappa shape index (κ1) is 17.2. The van der Waals surface area contributed by atoms with E-state index in [4.69, 9.17) is 17.3 Å². The van der Waals surface area contributed by atoms with Gasteiger partial charge in [0.25, 0.3) is 11.5 Å². The van der Waals surface area contributed by atoms with Crippen molar-refractivity contribution in [3.05, 3.63) is 67.8 Å². The van der Waals surface area contributed by atoms with E-state index in [-0.39, 0.29) is 22.2 Å². The van der Waals surface area contributed by atoms with E-state index in [0.717, 1.165) is 10.2 Å². The Kier molecular flexibility index (Phi) is 4.65. The lowest BCUT2D eigenvalue weighted by molar-refractivity contribution is 0.0994. The third-order valence-electron chi connectivity index (χ3n) is 3.46. The van der Waals surface area contributed by atoms with Gasteiger partial charge in [0.1, 0.15) is 16.0 Å². The summed E-state index contributed by atoms with van der Waals surface area (Å²) in [6.45, 7) is 0. The number of nitrogens with two attached hydrogens (primary N) is 1. The number of aryl methyl sites for hydroxylation is 1. The van der Waals surface area contributed by atoms with Crippen LogP contribution in [-0.2, 0) is 13.5 Å². The minimum atomic E-state index is -0.774. The molecule has 3 rings (SSSR count). The van der Waals surface area contributed by atoms with Crippen LogP contribution in [0.4, 0.5) is 4.39 Å². The van der Waals surface area contributed by atoms with Gasteiger partial charge in [0.15, 0.2) is 5.69 Å². The summed E-state index contributed by atoms with van der Waals surface area (Å²) in [4.78, 5) is 28.4. The molecule has 0 aliphatic rings. The molecular weight excluding hydrogens is 367 g/mol. The lowest BCUT2D eigenvalue weighted by atomic mass is 10.1. The van der Waals surface area contributed by atoms with Gasteiger partial charge < -0.3 is 5.73 Å². The summed E-state index contributed by atoms with van der Waals surface area (Å²) in [5, 5.41) is 4.47. The van der Waals surface area contributed by atoms with Crippen LogP contribution in [0.5, 0.6) is 0 Å². The largest absolute Gasteiger partial charge is 0.364 e. The van der Waals surface area contributed by atoms with Crippen LogP contribution in [-0.4, -0.2) is 20.7 Å². The molecule has 2 aromatic heterocycles. The molecule has 2 N–H and O–H groups in total. The quantitative estimate of drug-likeness (QED) is 0.754. The van der Waals surface area contributed by atoms with Crippen molar-refractivity contribution in [2.45, 2.75) is 6.42 Å². The fraction of sp³-hybridized carbons (Fsp3) is 0.125. The molecule has 0 fully saturated rings. The number of benzene rings is 1. The molecule has 2 heterocycles. The summed E-state index contributed by atoms with van der Waals surface area (Å²) < 4.78 is 14.3. The van der Waals surface area contributed by atoms with E-state index in [9.17, 15) is 14.0 Å². The Hall–Kier alpha value is -2.58. The molecule has 3 aromatic rings. The zero-order valence-electron chi connectivity index (χ0n) is 13.0. The van der Waals surface area contributed by atoms with Crippen molar-refractivity contribution in [1.82, 2.24) is 14.8 Å². The number of halogens is 2. The van der Waals surface area contributed by atoms with Crippen LogP contribution in [0.25, 0.3) is 10.6 Å². The van der Waals surface area contributed by atoms with E-state index < -0.39 is 11.5 Å². The van der Waals surface area contributed by atoms with Gasteiger partial charge in [-0.25, -0.2) is 14.1 Å². The number of hydrogen-bond donors (Lipinski definition) is 1. The number of carbonyl (C=O) groups is 1. The normalized spacial score (nSPS) is 10.8. The molecular formula is C16H12ClFN4O2S. The van der Waals surface area contributed by atoms with Gasteiger partial charge in [-0.1, -0.05) is 23.7 Å². The molecule has 0 spiro atoms. The molecule has 0 aliphatic carbocycles. The van der Waals surface area contributed by atoms with Crippen molar-refractivity contribution in [2.24, 2.45) is 12.8 Å². The van der Waals surface area contributed by atoms with Crippen molar-refractivity contribution in [3.8, 4) is 10.6 Å². The van der Waals surface area contributed by atoms with E-state index in [1.165, 1.54) is 36.6 Å². The van der Waals surface area contributed by atoms with Crippen LogP contribution in [0, 0.1) is 5.82 Å². The van der Waals surface area contributed by atoms with Crippen LogP contribution in [0.15, 0.2) is 35.1 Å². The Morgan fingerprint density at radius 1 is 1.40 bits per heavy atom. The van der Waals surface area contributed by atoms with Gasteiger partial charge in [-0.2, -0.15) is 5.10 Å². The standard InChI is InChI=1S/C16H12ClFN4O2S/c1-22-12(23)7-10(13(21-22)15(19)24)16-20-14(17)11(25-16)6-8-3-2-4-9(18)5-8/h2-5,7H,6H2,1H3,(H2,19,24). The van der Waals surface area contributed by atoms with E-state index in [1.807, 2.05) is 0 Å². The Morgan fingerprint density at radius 2 is 2.16 bits per heavy atom. The van der Waals surface area contributed by atoms with Crippen LogP contribution >= 0.6 is 22.9 Å². The van der Waals surface area contributed by atoms with Crippen molar-refractivity contribution >= 4 is 28.8 Å². The van der Waals surface area contributed by atoms with E-state index in [1.54, 1.807) is 12.1 Å². The van der Waals surface area contributed by atoms with Crippen molar-refractivity contribution < 1.29 is 9.18 Å². The SMILES string of the molecule is Cn1nc(C(N)=O)c(-c2nc(Cl)c(Cc3cccc(F)c3)s2)cc1=O. The molecule has 1 aromatic carbocycles. The number of aromatic nitrogens is 3. The first-order valence-corrected chi connectivity index (χ1v) is 8.33. The molecule has 6 nitrogen and oxygen atoms in total. The first-order valence-electron chi connectivity index (χ1n) is 7.13. The van der Waals surface area contributed by atoms with Crippen LogP contribution < -0.4 is 11.3 Å². The predicted octanol–water partition coefficient (Wildman–Crippen LogP) is 2.39. The lowest BCUT2D eigenvalue weighted by Gasteiger charge is -2.04. The molecule has 0 radical (unpaired) electrons. The summed E-state index contributed by atoms with van der Waals surface area (Å²) in [5.74, 6) is -1.12. The summed E-state index contributed by atoms with van der Waals surface area (Å²) in [5.41, 5.74) is 5.83. The molecule has 0 saturated carbocycles. The fourth-order valence-corrected chi connectivity index (χ4v) is 3.59. The maximum absolute atomic E-state index is 13.3. The number of nitrogens with zero attached hydrogens (tertiary/aromatic N) is 3. The number of rotatable bonds is 4. The molecule has 25 heavy (non-hydrogen) atoms. The predicted molar refractivity (Wildman–Crippen MR) is 93.3 cm³/mol. The zero-order valence-corrected chi connectivity index (χ0v) is 14.6. The van der Waals surface area contributed by atoms with Gasteiger partial charge in [-0.15, -0.1) is 11.3 Å². The second-order valence-corrected chi connectivity index (χ2v) is 6.71. The second-order valence-electron chi connectivity index (χ2n) is 5.27. The van der Waals surface area contributed by atoms with Gasteiger partial charge in [0.05, 0.1) is 0 Å². The highest BCUT2D eigenvalue weighted by Crippen LogP contribution is 2.33. The molecule has 9 heteroatoms. The first-order chi connectivity index (χ1) is 11.8. The molecule has 0 unspecified atom stereocenters. The highest BCUT2D eigenvalue weighted by Gasteiger charge is 2.19. The average molecular weight is 379 g/mol. The number of hydrogen-bond acceptors (Lipinski definition) is 5. The van der Waals surface area contributed by atoms with Crippen molar-refractivity contribution in [1.29, 1.82) is 0 Å². The molecule has 128 valence electrons. The average Bonchev–Trinajstić information content (AvgIpc) is 2.90. The number of thiazole rings is 1. The monoisotopic (exact) mass is 378 g/mol. The summed E-state index contributed by atoms with van der Waals surface area (Å²) in [6, 6.07) is 7.39. The maximum Gasteiger partial charge on any atom is 0.269 e. The molecule has 0 atom stereocenters. The second kappa shape index (κ2) is 6.73. The van der Waals surface area contributed by atoms with Gasteiger partial charge in [-0.3, -0.25) is 9.59 Å². The Bertz CT molecular complexity index is 1030. The lowest BCUT2D eigenvalue weighted by Crippen LogP contribution is -2.25. The maximum atomic E-state index is 13.3. The van der Waals surface area contributed by atoms with Crippen molar-refractivity contribution in [2.75, 3.05) is 0 Å². The molecule has 0 aliphatic heterocycles. The van der Waals surface area contributed by atoms with Gasteiger partial charge >= 0.3 is 0 Å². The summed E-state index contributed by atoms with van der Waals surface area (Å²) in [6.07, 6.45) is 0.373. The van der Waals surface area contributed by atoms with Crippen LogP contribution in [0.1, 0.15) is 20.9 Å². The third kappa shape index (κ3) is 3.59. The highest BCUT2D eigenvalue weighted by atomic mass is 35.5. The minimum Gasteiger partial charge on any atom is -0.364 e. The van der Waals surface area contributed by atoms with Gasteiger partial charge in [0, 0.05) is 30.0 Å². The minimum absolute atomic E-state index is 0.0650. The Balaban J connectivity index is 2.05. The fourth-order valence-electron chi connectivity index (χ4n) is 2.27.